The molecule has 0 amide bonds. The number of nitrogens with zero attached hydrogens (tertiary/aromatic N) is 1. The summed E-state index contributed by atoms with van der Waals surface area (Å²) in [6.45, 7) is 2.18. The molecule has 2 heterocycles. The van der Waals surface area contributed by atoms with Gasteiger partial charge in [0.2, 0.25) is 0 Å². The number of anilines is 1. The summed E-state index contributed by atoms with van der Waals surface area (Å²) in [6.07, 6.45) is 0.844. The lowest BCUT2D eigenvalue weighted by molar-refractivity contribution is -0.192. The van der Waals surface area contributed by atoms with Crippen LogP contribution >= 0.6 is 0 Å². The molecule has 1 aliphatic carbocycles. The number of hydrogen-bond acceptors (Lipinski definition) is 4. The number of carboxylic acids is 1. The Balaban J connectivity index is 0.000000217. The van der Waals surface area contributed by atoms with Crippen LogP contribution in [0.3, 0.4) is 0 Å². The Labute approximate surface area is 125 Å². The number of hydrogen-bond donors (Lipinski definition) is 3. The second kappa shape index (κ2) is 6.95. The number of carbonyl (C=O) groups is 1. The van der Waals surface area contributed by atoms with Crippen molar-refractivity contribution in [2.45, 2.75) is 37.4 Å². The fraction of sp³-hybridized carbons (Fsp3) is 0.571. The second-order valence-corrected chi connectivity index (χ2v) is 5.39. The minimum atomic E-state index is -5.08. The van der Waals surface area contributed by atoms with Gasteiger partial charge in [-0.1, -0.05) is 6.07 Å². The zero-order valence-corrected chi connectivity index (χ0v) is 11.9. The van der Waals surface area contributed by atoms with Crippen LogP contribution in [0.25, 0.3) is 0 Å². The molecule has 0 bridgehead atoms. The Bertz CT molecular complexity index is 495. The molecule has 1 atom stereocenters. The molecular formula is C14H18F3N3O2. The number of halogens is 3. The highest BCUT2D eigenvalue weighted by atomic mass is 19.4. The zero-order chi connectivity index (χ0) is 16.2. The molecule has 3 rings (SSSR count). The maximum absolute atomic E-state index is 10.6. The third-order valence-corrected chi connectivity index (χ3v) is 3.49. The molecule has 1 aromatic rings. The van der Waals surface area contributed by atoms with Crippen LogP contribution in [0.2, 0.25) is 0 Å². The van der Waals surface area contributed by atoms with Gasteiger partial charge in [0.1, 0.15) is 5.82 Å². The van der Waals surface area contributed by atoms with E-state index in [1.54, 1.807) is 0 Å². The molecule has 2 fully saturated rings. The first-order chi connectivity index (χ1) is 10.4. The molecule has 1 saturated heterocycles. The summed E-state index contributed by atoms with van der Waals surface area (Å²) < 4.78 is 31.7. The van der Waals surface area contributed by atoms with E-state index >= 15 is 0 Å². The minimum Gasteiger partial charge on any atom is -0.475 e. The van der Waals surface area contributed by atoms with Crippen molar-refractivity contribution in [3.05, 3.63) is 23.9 Å². The van der Waals surface area contributed by atoms with Crippen molar-refractivity contribution in [1.82, 2.24) is 10.3 Å². The highest BCUT2D eigenvalue weighted by Gasteiger charge is 2.38. The third-order valence-electron chi connectivity index (χ3n) is 3.49. The Kier molecular flexibility index (Phi) is 5.23. The van der Waals surface area contributed by atoms with Crippen LogP contribution in [0.1, 0.15) is 30.7 Å². The summed E-state index contributed by atoms with van der Waals surface area (Å²) in [5, 5.41) is 13.9. The van der Waals surface area contributed by atoms with Gasteiger partial charge in [-0.25, -0.2) is 9.78 Å². The highest BCUT2D eigenvalue weighted by Crippen LogP contribution is 2.39. The Morgan fingerprint density at radius 3 is 2.41 bits per heavy atom. The van der Waals surface area contributed by atoms with Gasteiger partial charge in [0.05, 0.1) is 0 Å². The van der Waals surface area contributed by atoms with Crippen molar-refractivity contribution in [1.29, 1.82) is 0 Å². The van der Waals surface area contributed by atoms with Crippen LogP contribution in [-0.4, -0.2) is 41.4 Å². The van der Waals surface area contributed by atoms with Gasteiger partial charge in [-0.05, 0) is 43.4 Å². The Morgan fingerprint density at radius 1 is 1.32 bits per heavy atom. The fourth-order valence-electron chi connectivity index (χ4n) is 2.14. The number of nitrogens with one attached hydrogen (secondary N) is 2. The van der Waals surface area contributed by atoms with Crippen LogP contribution in [0.5, 0.6) is 0 Å². The first-order valence-electron chi connectivity index (χ1n) is 7.09. The monoisotopic (exact) mass is 317 g/mol. The fourth-order valence-corrected chi connectivity index (χ4v) is 2.14. The molecule has 0 aromatic carbocycles. The predicted molar refractivity (Wildman–Crippen MR) is 74.8 cm³/mol. The average Bonchev–Trinajstić information content (AvgIpc) is 3.18. The van der Waals surface area contributed by atoms with Gasteiger partial charge in [0.15, 0.2) is 0 Å². The number of pyridine rings is 1. The molecule has 22 heavy (non-hydrogen) atoms. The van der Waals surface area contributed by atoms with Gasteiger partial charge in [-0.2, -0.15) is 13.2 Å². The van der Waals surface area contributed by atoms with Crippen molar-refractivity contribution in [3.63, 3.8) is 0 Å². The van der Waals surface area contributed by atoms with E-state index in [0.29, 0.717) is 6.04 Å². The van der Waals surface area contributed by atoms with Crippen molar-refractivity contribution in [3.8, 4) is 0 Å². The van der Waals surface area contributed by atoms with Gasteiger partial charge < -0.3 is 15.7 Å². The molecule has 1 aromatic heterocycles. The topological polar surface area (TPSA) is 74.2 Å². The van der Waals surface area contributed by atoms with E-state index in [1.165, 1.54) is 24.8 Å². The van der Waals surface area contributed by atoms with Crippen LogP contribution in [-0.2, 0) is 4.79 Å². The van der Waals surface area contributed by atoms with Gasteiger partial charge in [0, 0.05) is 18.8 Å². The lowest BCUT2D eigenvalue weighted by atomic mass is 10.2. The van der Waals surface area contributed by atoms with Gasteiger partial charge in [-0.15, -0.1) is 0 Å². The number of aliphatic carboxylic acids is 1. The van der Waals surface area contributed by atoms with Gasteiger partial charge >= 0.3 is 12.1 Å². The van der Waals surface area contributed by atoms with Crippen molar-refractivity contribution < 1.29 is 23.1 Å². The standard InChI is InChI=1S/C12H17N3.C2HF3O2/c1-2-9(1)10-3-4-12(14-7-10)15-11-5-6-13-8-11;3-2(4,5)1(6)7/h3-4,7,9,11,13H,1-2,5-6,8H2,(H,14,15);(H,6,7)/t11-;/m1./s1. The summed E-state index contributed by atoms with van der Waals surface area (Å²) in [4.78, 5) is 13.4. The molecule has 2 aliphatic rings. The third kappa shape index (κ3) is 5.18. The Hall–Kier alpha value is -1.83. The number of carboxylic acid groups (broad SMARTS) is 1. The lowest BCUT2D eigenvalue weighted by Crippen LogP contribution is -2.22. The maximum Gasteiger partial charge on any atom is 0.490 e. The molecule has 3 N–H and O–H groups in total. The molecule has 0 spiro atoms. The first kappa shape index (κ1) is 16.5. The molecular weight excluding hydrogens is 299 g/mol. The largest absolute Gasteiger partial charge is 0.490 e. The smallest absolute Gasteiger partial charge is 0.475 e. The van der Waals surface area contributed by atoms with E-state index in [9.17, 15) is 13.2 Å². The van der Waals surface area contributed by atoms with E-state index < -0.39 is 12.1 Å². The second-order valence-electron chi connectivity index (χ2n) is 5.39. The van der Waals surface area contributed by atoms with Gasteiger partial charge in [0.25, 0.3) is 0 Å². The Morgan fingerprint density at radius 2 is 2.00 bits per heavy atom. The molecule has 5 nitrogen and oxygen atoms in total. The van der Waals surface area contributed by atoms with E-state index in [0.717, 1.165) is 24.8 Å². The van der Waals surface area contributed by atoms with E-state index in [4.69, 9.17) is 9.90 Å². The van der Waals surface area contributed by atoms with E-state index in [1.807, 2.05) is 6.20 Å². The average molecular weight is 317 g/mol. The lowest BCUT2D eigenvalue weighted by Gasteiger charge is -2.11. The maximum atomic E-state index is 10.6. The first-order valence-corrected chi connectivity index (χ1v) is 7.09. The van der Waals surface area contributed by atoms with E-state index in [-0.39, 0.29) is 0 Å². The van der Waals surface area contributed by atoms with Crippen LogP contribution < -0.4 is 10.6 Å². The minimum absolute atomic E-state index is 0.560. The predicted octanol–water partition coefficient (Wildman–Crippen LogP) is 2.37. The van der Waals surface area contributed by atoms with Crippen molar-refractivity contribution >= 4 is 11.8 Å². The molecule has 1 aliphatic heterocycles. The summed E-state index contributed by atoms with van der Waals surface area (Å²) >= 11 is 0. The molecule has 122 valence electrons. The van der Waals surface area contributed by atoms with Crippen molar-refractivity contribution in [2.75, 3.05) is 18.4 Å². The number of rotatable bonds is 3. The SMILES string of the molecule is O=C(O)C(F)(F)F.c1cc(N[C@@H]2CCNC2)ncc1C1CC1. The normalized spacial score (nSPS) is 21.0. The van der Waals surface area contributed by atoms with Crippen LogP contribution in [0, 0.1) is 0 Å². The zero-order valence-electron chi connectivity index (χ0n) is 11.9. The summed E-state index contributed by atoms with van der Waals surface area (Å²) in [5.74, 6) is -0.930. The van der Waals surface area contributed by atoms with Crippen LogP contribution in [0.15, 0.2) is 18.3 Å². The molecule has 0 radical (unpaired) electrons. The van der Waals surface area contributed by atoms with Crippen LogP contribution in [0.4, 0.5) is 19.0 Å². The summed E-state index contributed by atoms with van der Waals surface area (Å²) in [6, 6.07) is 4.89. The molecule has 8 heteroatoms. The summed E-state index contributed by atoms with van der Waals surface area (Å²) in [7, 11) is 0. The molecule has 1 saturated carbocycles. The summed E-state index contributed by atoms with van der Waals surface area (Å²) in [5.41, 5.74) is 1.41. The number of alkyl halides is 3. The van der Waals surface area contributed by atoms with Crippen molar-refractivity contribution in [2.24, 2.45) is 0 Å². The van der Waals surface area contributed by atoms with Gasteiger partial charge in [-0.3, -0.25) is 0 Å². The molecule has 0 unspecified atom stereocenters. The van der Waals surface area contributed by atoms with E-state index in [2.05, 4.69) is 27.8 Å². The number of aromatic nitrogens is 1. The quantitative estimate of drug-likeness (QED) is 0.798. The highest BCUT2D eigenvalue weighted by molar-refractivity contribution is 5.73.